The van der Waals surface area contributed by atoms with Gasteiger partial charge in [0.25, 0.3) is 0 Å². The van der Waals surface area contributed by atoms with Crippen LogP contribution in [0.1, 0.15) is 65.6 Å². The van der Waals surface area contributed by atoms with E-state index in [2.05, 4.69) is 20.6 Å². The molecule has 13 heteroatoms. The summed E-state index contributed by atoms with van der Waals surface area (Å²) in [6.45, 7) is 10.7. The Morgan fingerprint density at radius 1 is 1.10 bits per heavy atom. The van der Waals surface area contributed by atoms with Crippen molar-refractivity contribution in [2.24, 2.45) is 11.8 Å². The number of hydrogen-bond donors (Lipinski definition) is 3. The predicted molar refractivity (Wildman–Crippen MR) is 189 cm³/mol. The summed E-state index contributed by atoms with van der Waals surface area (Å²) in [7, 11) is -3.63. The molecule has 2 aromatic heterocycles. The number of carbonyl (C=O) groups excluding carboxylic acids is 1. The maximum Gasteiger partial charge on any atom is 0.416 e. The van der Waals surface area contributed by atoms with E-state index in [-0.39, 0.29) is 36.2 Å². The fourth-order valence-corrected chi connectivity index (χ4v) is 8.75. The highest BCUT2D eigenvalue weighted by molar-refractivity contribution is 8.22. The van der Waals surface area contributed by atoms with E-state index in [4.69, 9.17) is 0 Å². The molecule has 9 nitrogen and oxygen atoms in total. The number of aryl methyl sites for hydroxylation is 3. The molecule has 3 atom stereocenters. The lowest BCUT2D eigenvalue weighted by Gasteiger charge is -2.43. The summed E-state index contributed by atoms with van der Waals surface area (Å²) in [4.78, 5) is 18.1. The highest BCUT2D eigenvalue weighted by Gasteiger charge is 2.37. The third kappa shape index (κ3) is 6.87. The van der Waals surface area contributed by atoms with Gasteiger partial charge in [0, 0.05) is 37.7 Å². The van der Waals surface area contributed by atoms with E-state index in [0.717, 1.165) is 51.0 Å². The monoisotopic (exact) mass is 706 g/mol. The molecule has 3 aromatic carbocycles. The minimum absolute atomic E-state index is 0.117. The molecule has 0 spiro atoms. The van der Waals surface area contributed by atoms with Gasteiger partial charge >= 0.3 is 6.18 Å². The van der Waals surface area contributed by atoms with Gasteiger partial charge in [0.05, 0.1) is 27.9 Å². The lowest BCUT2D eigenvalue weighted by molar-refractivity contribution is -0.137. The lowest BCUT2D eigenvalue weighted by Crippen LogP contribution is -2.30. The van der Waals surface area contributed by atoms with Gasteiger partial charge in [0.15, 0.2) is 0 Å². The molecule has 0 bridgehead atoms. The highest BCUT2D eigenvalue weighted by Crippen LogP contribution is 2.56. The number of nitrogens with one attached hydrogen (secondary N) is 1. The Kier molecular flexibility index (Phi) is 9.79. The third-order valence-corrected chi connectivity index (χ3v) is 11.7. The van der Waals surface area contributed by atoms with Crippen LogP contribution in [0.3, 0.4) is 0 Å². The van der Waals surface area contributed by atoms with Crippen LogP contribution < -0.4 is 5.32 Å². The van der Waals surface area contributed by atoms with Gasteiger partial charge in [-0.05, 0) is 103 Å². The van der Waals surface area contributed by atoms with Crippen LogP contribution in [0.15, 0.2) is 78.0 Å². The summed E-state index contributed by atoms with van der Waals surface area (Å²) in [5.41, 5.74) is 6.08. The molecule has 0 saturated heterocycles. The SMILES string of the molecule is CCn1nnc2c(C)c([C@H](c3ccc(C)c(CN4CC(C)Cc5cc(C(F)(F)F)ccc5S4(O)O)c3)[C@@H](C)C(=O)Nc3cccnc3)ccc21. The number of rotatable bonds is 8. The molecule has 1 amide bonds. The fraction of sp³-hybridized carbons (Fsp3) is 0.351. The number of halogens is 3. The van der Waals surface area contributed by atoms with Crippen LogP contribution >= 0.6 is 10.8 Å². The van der Waals surface area contributed by atoms with E-state index in [1.165, 1.54) is 6.07 Å². The summed E-state index contributed by atoms with van der Waals surface area (Å²) in [5, 5.41) is 11.8. The maximum absolute atomic E-state index is 13.8. The second-order valence-electron chi connectivity index (χ2n) is 13.2. The molecule has 3 heterocycles. The predicted octanol–water partition coefficient (Wildman–Crippen LogP) is 8.61. The Balaban J connectivity index is 1.40. The number of carbonyl (C=O) groups is 1. The van der Waals surface area contributed by atoms with Crippen LogP contribution in [0.25, 0.3) is 11.0 Å². The number of fused-ring (bicyclic) bond motifs is 2. The molecular weight excluding hydrogens is 666 g/mol. The molecular formula is C37H41F3N6O3S. The van der Waals surface area contributed by atoms with Crippen LogP contribution in [0.5, 0.6) is 0 Å². The van der Waals surface area contributed by atoms with Crippen LogP contribution in [0.4, 0.5) is 18.9 Å². The maximum atomic E-state index is 13.8. The van der Waals surface area contributed by atoms with Crippen molar-refractivity contribution >= 4 is 33.4 Å². The average Bonchev–Trinajstić information content (AvgIpc) is 3.47. The molecule has 0 aliphatic carbocycles. The molecule has 0 saturated carbocycles. The van der Waals surface area contributed by atoms with E-state index in [9.17, 15) is 27.1 Å². The molecule has 1 unspecified atom stereocenters. The molecule has 50 heavy (non-hydrogen) atoms. The van der Waals surface area contributed by atoms with E-state index >= 15 is 0 Å². The molecule has 1 aliphatic rings. The Bertz CT molecular complexity index is 2030. The summed E-state index contributed by atoms with van der Waals surface area (Å²) < 4.78 is 67.4. The first-order valence-electron chi connectivity index (χ1n) is 16.6. The summed E-state index contributed by atoms with van der Waals surface area (Å²) >= 11 is 0. The number of nitrogens with zero attached hydrogens (tertiary/aromatic N) is 5. The van der Waals surface area contributed by atoms with Crippen molar-refractivity contribution in [2.75, 3.05) is 11.9 Å². The Morgan fingerprint density at radius 2 is 1.88 bits per heavy atom. The Labute approximate surface area is 291 Å². The van der Waals surface area contributed by atoms with Gasteiger partial charge in [-0.25, -0.2) is 4.68 Å². The Morgan fingerprint density at radius 3 is 2.58 bits per heavy atom. The second kappa shape index (κ2) is 13.8. The smallest absolute Gasteiger partial charge is 0.324 e. The van der Waals surface area contributed by atoms with Gasteiger partial charge < -0.3 is 5.32 Å². The normalized spacial score (nSPS) is 18.2. The van der Waals surface area contributed by atoms with Crippen LogP contribution in [-0.4, -0.2) is 45.8 Å². The largest absolute Gasteiger partial charge is 0.416 e. The number of aromatic nitrogens is 4. The van der Waals surface area contributed by atoms with Gasteiger partial charge in [-0.15, -0.1) is 15.9 Å². The first-order chi connectivity index (χ1) is 23.7. The zero-order chi connectivity index (χ0) is 36.0. The highest BCUT2D eigenvalue weighted by atomic mass is 32.3. The van der Waals surface area contributed by atoms with Crippen molar-refractivity contribution < 1.29 is 27.1 Å². The van der Waals surface area contributed by atoms with E-state index in [1.54, 1.807) is 28.8 Å². The van der Waals surface area contributed by atoms with Crippen molar-refractivity contribution in [3.8, 4) is 0 Å². The average molecular weight is 707 g/mol. The van der Waals surface area contributed by atoms with Gasteiger partial charge in [0.2, 0.25) is 5.91 Å². The number of pyridine rings is 1. The van der Waals surface area contributed by atoms with Crippen molar-refractivity contribution in [1.82, 2.24) is 24.3 Å². The number of alkyl halides is 3. The summed E-state index contributed by atoms with van der Waals surface area (Å²) in [5.74, 6) is -1.33. The minimum Gasteiger partial charge on any atom is -0.324 e. The number of amides is 1. The zero-order valence-electron chi connectivity index (χ0n) is 28.6. The van der Waals surface area contributed by atoms with Crippen molar-refractivity contribution in [3.05, 3.63) is 112 Å². The molecule has 0 radical (unpaired) electrons. The van der Waals surface area contributed by atoms with E-state index in [1.807, 2.05) is 69.6 Å². The van der Waals surface area contributed by atoms with Crippen LogP contribution in [0.2, 0.25) is 0 Å². The topological polar surface area (TPSA) is 116 Å². The van der Waals surface area contributed by atoms with Gasteiger partial charge in [-0.3, -0.25) is 18.9 Å². The van der Waals surface area contributed by atoms with Gasteiger partial charge in [0.1, 0.15) is 5.52 Å². The first kappa shape index (κ1) is 35.5. The standard InChI is InChI=1S/C37H41F3N6O3S/c1-6-46-32-13-12-31(24(4)35(32)43-44-46)34(25(5)36(47)42-30-8-7-15-41-19-30)26-10-9-23(3)28(17-26)21-45-20-22(2)16-27-18-29(37(38,39)40)11-14-33(27)50(45,48)49/h7-15,17-19,22,25,34,48-49H,6,16,20-21H2,1-5H3,(H,42,47)/t22?,25-,34+/m1/s1. The Hall–Kier alpha value is -4.30. The zero-order valence-corrected chi connectivity index (χ0v) is 29.4. The molecule has 0 fully saturated rings. The van der Waals surface area contributed by atoms with Crippen molar-refractivity contribution in [1.29, 1.82) is 0 Å². The molecule has 264 valence electrons. The van der Waals surface area contributed by atoms with Gasteiger partial charge in [-0.1, -0.05) is 43.3 Å². The third-order valence-electron chi connectivity index (χ3n) is 9.67. The number of hydrogen-bond acceptors (Lipinski definition) is 7. The summed E-state index contributed by atoms with van der Waals surface area (Å²) in [6.07, 6.45) is -1.04. The summed E-state index contributed by atoms with van der Waals surface area (Å²) in [6, 6.07) is 16.6. The molecule has 5 aromatic rings. The van der Waals surface area contributed by atoms with E-state index in [0.29, 0.717) is 17.8 Å². The first-order valence-corrected chi connectivity index (χ1v) is 18.1. The van der Waals surface area contributed by atoms with Gasteiger partial charge in [-0.2, -0.15) is 17.5 Å². The number of benzene rings is 3. The van der Waals surface area contributed by atoms with Crippen LogP contribution in [0, 0.1) is 25.7 Å². The molecule has 1 aliphatic heterocycles. The molecule has 3 N–H and O–H groups in total. The molecule has 6 rings (SSSR count). The number of anilines is 1. The van der Waals surface area contributed by atoms with Crippen molar-refractivity contribution in [2.45, 2.75) is 71.1 Å². The fourth-order valence-electron chi connectivity index (χ4n) is 6.95. The second-order valence-corrected chi connectivity index (χ2v) is 15.2. The minimum atomic E-state index is -4.54. The lowest BCUT2D eigenvalue weighted by atomic mass is 9.78. The van der Waals surface area contributed by atoms with Crippen molar-refractivity contribution in [3.63, 3.8) is 0 Å². The quantitative estimate of drug-likeness (QED) is 0.148. The van der Waals surface area contributed by atoms with E-state index < -0.39 is 34.4 Å². The van der Waals surface area contributed by atoms with Crippen LogP contribution in [-0.2, 0) is 30.5 Å².